The van der Waals surface area contributed by atoms with Crippen molar-refractivity contribution in [1.29, 1.82) is 0 Å². The molecule has 0 saturated carbocycles. The highest BCUT2D eigenvalue weighted by atomic mass is 79.9. The molecule has 0 bridgehead atoms. The van der Waals surface area contributed by atoms with Crippen LogP contribution in [0.2, 0.25) is 5.02 Å². The molecule has 0 aliphatic rings. The summed E-state index contributed by atoms with van der Waals surface area (Å²) in [7, 11) is 1.55. The Morgan fingerprint density at radius 2 is 2.18 bits per heavy atom. The Hall–Kier alpha value is -1.33. The molecular weight excluding hydrogens is 307 g/mol. The Balaban J connectivity index is 2.54. The number of halogens is 2. The van der Waals surface area contributed by atoms with E-state index in [1.807, 2.05) is 6.07 Å². The first-order valence-electron chi connectivity index (χ1n) is 4.71. The van der Waals surface area contributed by atoms with Crippen LogP contribution < -0.4 is 10.3 Å². The van der Waals surface area contributed by atoms with Gasteiger partial charge in [0.2, 0.25) is 0 Å². The van der Waals surface area contributed by atoms with Crippen LogP contribution in [0.15, 0.2) is 33.5 Å². The van der Waals surface area contributed by atoms with Crippen molar-refractivity contribution in [3.05, 3.63) is 44.1 Å². The van der Waals surface area contributed by atoms with Crippen LogP contribution in [0.5, 0.6) is 5.75 Å². The van der Waals surface area contributed by atoms with E-state index in [9.17, 15) is 4.79 Å². The second-order valence-electron chi connectivity index (χ2n) is 3.28. The Labute approximate surface area is 111 Å². The molecule has 88 valence electrons. The van der Waals surface area contributed by atoms with E-state index in [1.165, 1.54) is 6.07 Å². The predicted molar refractivity (Wildman–Crippen MR) is 69.6 cm³/mol. The van der Waals surface area contributed by atoms with Crippen LogP contribution in [0.1, 0.15) is 0 Å². The van der Waals surface area contributed by atoms with E-state index >= 15 is 0 Å². The Bertz CT molecular complexity index is 569. The van der Waals surface area contributed by atoms with Crippen LogP contribution in [0.3, 0.4) is 0 Å². The fourth-order valence-electron chi connectivity index (χ4n) is 1.41. The highest BCUT2D eigenvalue weighted by Gasteiger charge is 2.10. The third-order valence-corrected chi connectivity index (χ3v) is 3.05. The molecule has 1 N–H and O–H groups in total. The van der Waals surface area contributed by atoms with Crippen molar-refractivity contribution in [3.8, 4) is 17.0 Å². The number of ether oxygens (including phenoxy) is 1. The summed E-state index contributed by atoms with van der Waals surface area (Å²) in [5.74, 6) is 0.569. The molecule has 0 fully saturated rings. The number of nitrogens with one attached hydrogen (secondary N) is 1. The van der Waals surface area contributed by atoms with Crippen LogP contribution in [-0.2, 0) is 0 Å². The molecule has 1 aromatic carbocycles. The number of aromatic nitrogens is 2. The van der Waals surface area contributed by atoms with E-state index in [4.69, 9.17) is 16.3 Å². The summed E-state index contributed by atoms with van der Waals surface area (Å²) in [5.41, 5.74) is 1.18. The summed E-state index contributed by atoms with van der Waals surface area (Å²) in [6.07, 6.45) is 0. The average Bonchev–Trinajstić information content (AvgIpc) is 2.29. The number of hydrogen-bond acceptors (Lipinski definition) is 3. The zero-order valence-corrected chi connectivity index (χ0v) is 11.2. The molecule has 0 atom stereocenters. The second-order valence-corrected chi connectivity index (χ2v) is 4.54. The summed E-state index contributed by atoms with van der Waals surface area (Å²) < 4.78 is 5.86. The van der Waals surface area contributed by atoms with Gasteiger partial charge in [0.15, 0.2) is 5.75 Å². The van der Waals surface area contributed by atoms with Crippen LogP contribution in [0, 0.1) is 0 Å². The maximum atomic E-state index is 10.9. The van der Waals surface area contributed by atoms with E-state index in [2.05, 4.69) is 26.1 Å². The molecule has 0 unspecified atom stereocenters. The maximum absolute atomic E-state index is 10.9. The Morgan fingerprint density at radius 3 is 2.71 bits per heavy atom. The van der Waals surface area contributed by atoms with Gasteiger partial charge < -0.3 is 4.74 Å². The van der Waals surface area contributed by atoms with Crippen molar-refractivity contribution in [2.75, 3.05) is 7.11 Å². The topological polar surface area (TPSA) is 55.0 Å². The van der Waals surface area contributed by atoms with E-state index in [1.54, 1.807) is 19.2 Å². The highest BCUT2D eigenvalue weighted by Crippen LogP contribution is 2.36. The average molecular weight is 316 g/mol. The zero-order valence-electron chi connectivity index (χ0n) is 8.83. The first-order chi connectivity index (χ1) is 8.11. The fraction of sp³-hybridized carbons (Fsp3) is 0.0909. The van der Waals surface area contributed by atoms with E-state index in [0.717, 1.165) is 10.0 Å². The maximum Gasteiger partial charge on any atom is 0.264 e. The molecule has 6 heteroatoms. The molecule has 2 aromatic rings. The molecule has 4 nitrogen and oxygen atoms in total. The lowest BCUT2D eigenvalue weighted by Crippen LogP contribution is -2.05. The quantitative estimate of drug-likeness (QED) is 0.927. The first-order valence-corrected chi connectivity index (χ1v) is 5.88. The molecule has 0 saturated heterocycles. The lowest BCUT2D eigenvalue weighted by Gasteiger charge is -2.08. The monoisotopic (exact) mass is 314 g/mol. The molecule has 1 heterocycles. The summed E-state index contributed by atoms with van der Waals surface area (Å²) in [6, 6.07) is 6.59. The lowest BCUT2D eigenvalue weighted by atomic mass is 10.1. The molecule has 2 rings (SSSR count). The van der Waals surface area contributed by atoms with Gasteiger partial charge in [-0.2, -0.15) is 5.10 Å². The molecule has 1 aromatic heterocycles. The van der Waals surface area contributed by atoms with Gasteiger partial charge in [-0.1, -0.05) is 11.6 Å². The van der Waals surface area contributed by atoms with Gasteiger partial charge in [0.05, 0.1) is 22.3 Å². The number of H-pyrrole nitrogens is 1. The van der Waals surface area contributed by atoms with Crippen LogP contribution in [0.25, 0.3) is 11.3 Å². The van der Waals surface area contributed by atoms with Crippen LogP contribution in [-0.4, -0.2) is 17.3 Å². The van der Waals surface area contributed by atoms with E-state index in [-0.39, 0.29) is 5.56 Å². The Kier molecular flexibility index (Phi) is 3.49. The number of benzene rings is 1. The highest BCUT2D eigenvalue weighted by molar-refractivity contribution is 9.10. The normalized spacial score (nSPS) is 10.3. The van der Waals surface area contributed by atoms with Crippen molar-refractivity contribution in [2.24, 2.45) is 0 Å². The summed E-state index contributed by atoms with van der Waals surface area (Å²) in [4.78, 5) is 10.9. The van der Waals surface area contributed by atoms with Gasteiger partial charge in [0, 0.05) is 11.6 Å². The molecule has 0 aliphatic heterocycles. The zero-order chi connectivity index (χ0) is 12.4. The third-order valence-electron chi connectivity index (χ3n) is 2.18. The molecule has 0 amide bonds. The van der Waals surface area contributed by atoms with Crippen molar-refractivity contribution in [1.82, 2.24) is 10.2 Å². The number of hydrogen-bond donors (Lipinski definition) is 1. The van der Waals surface area contributed by atoms with Gasteiger partial charge in [-0.15, -0.1) is 0 Å². The van der Waals surface area contributed by atoms with Gasteiger partial charge in [-0.3, -0.25) is 4.79 Å². The van der Waals surface area contributed by atoms with E-state index < -0.39 is 0 Å². The molecule has 17 heavy (non-hydrogen) atoms. The molecular formula is C11H8BrClN2O2. The summed E-state index contributed by atoms with van der Waals surface area (Å²) >= 11 is 9.42. The molecule has 0 radical (unpaired) electrons. The Morgan fingerprint density at radius 1 is 1.41 bits per heavy atom. The summed E-state index contributed by atoms with van der Waals surface area (Å²) in [5, 5.41) is 6.78. The minimum atomic E-state index is -0.243. The smallest absolute Gasteiger partial charge is 0.264 e. The minimum Gasteiger partial charge on any atom is -0.494 e. The van der Waals surface area contributed by atoms with Crippen LogP contribution >= 0.6 is 27.5 Å². The molecule has 0 aliphatic carbocycles. The summed E-state index contributed by atoms with van der Waals surface area (Å²) in [6.45, 7) is 0. The first kappa shape index (κ1) is 12.1. The largest absolute Gasteiger partial charge is 0.494 e. The number of nitrogens with zero attached hydrogens (tertiary/aromatic N) is 1. The predicted octanol–water partition coefficient (Wildman–Crippen LogP) is 2.86. The van der Waals surface area contributed by atoms with Crippen molar-refractivity contribution in [2.45, 2.75) is 0 Å². The van der Waals surface area contributed by atoms with Gasteiger partial charge in [0.1, 0.15) is 0 Å². The standard InChI is InChI=1S/C11H8BrClN2O2/c1-17-11-7(12)4-6(5-8(11)13)9-2-3-10(16)15-14-9/h2-5H,1H3,(H,15,16). The van der Waals surface area contributed by atoms with Gasteiger partial charge in [0.25, 0.3) is 5.56 Å². The minimum absolute atomic E-state index is 0.243. The van der Waals surface area contributed by atoms with Crippen molar-refractivity contribution in [3.63, 3.8) is 0 Å². The van der Waals surface area contributed by atoms with E-state index in [0.29, 0.717) is 16.5 Å². The van der Waals surface area contributed by atoms with Gasteiger partial charge in [-0.25, -0.2) is 5.10 Å². The van der Waals surface area contributed by atoms with Crippen LogP contribution in [0.4, 0.5) is 0 Å². The van der Waals surface area contributed by atoms with Crippen molar-refractivity contribution >= 4 is 27.5 Å². The second kappa shape index (κ2) is 4.89. The SMILES string of the molecule is COc1c(Cl)cc(-c2ccc(=O)[nH]n2)cc1Br. The van der Waals surface area contributed by atoms with Crippen molar-refractivity contribution < 1.29 is 4.74 Å². The third kappa shape index (κ3) is 2.50. The lowest BCUT2D eigenvalue weighted by molar-refractivity contribution is 0.412. The van der Waals surface area contributed by atoms with Gasteiger partial charge in [-0.05, 0) is 34.1 Å². The number of aromatic amines is 1. The van der Waals surface area contributed by atoms with Gasteiger partial charge >= 0.3 is 0 Å². The number of rotatable bonds is 2. The number of methoxy groups -OCH3 is 1. The molecule has 0 spiro atoms. The fourth-order valence-corrected chi connectivity index (χ4v) is 2.44.